The molecule has 0 atom stereocenters. The number of nitriles is 1. The minimum Gasteiger partial charge on any atom is -0.369 e. The van der Waals surface area contributed by atoms with Gasteiger partial charge in [-0.2, -0.15) is 5.26 Å². The summed E-state index contributed by atoms with van der Waals surface area (Å²) in [6.45, 7) is 17.8. The van der Waals surface area contributed by atoms with Gasteiger partial charge in [0, 0.05) is 62.8 Å². The molecule has 3 rings (SSSR count). The van der Waals surface area contributed by atoms with Crippen molar-refractivity contribution in [2.45, 2.75) is 53.6 Å². The van der Waals surface area contributed by atoms with Gasteiger partial charge in [0.05, 0.1) is 0 Å². The third-order valence-corrected chi connectivity index (χ3v) is 6.00. The lowest BCUT2D eigenvalue weighted by atomic mass is 9.97. The van der Waals surface area contributed by atoms with E-state index in [4.69, 9.17) is 5.26 Å². The van der Waals surface area contributed by atoms with E-state index < -0.39 is 0 Å². The van der Waals surface area contributed by atoms with Crippen LogP contribution in [0.25, 0.3) is 0 Å². The number of piperazine rings is 1. The topological polar surface area (TPSA) is 80.1 Å². The molecule has 2 aromatic rings. The molecule has 0 radical (unpaired) electrons. The van der Waals surface area contributed by atoms with Gasteiger partial charge < -0.3 is 15.5 Å². The molecule has 0 unspecified atom stereocenters. The Balaban J connectivity index is 1.48. The van der Waals surface area contributed by atoms with E-state index in [2.05, 4.69) is 89.3 Å². The second-order valence-electron chi connectivity index (χ2n) is 10.3. The molecule has 0 aliphatic carbocycles. The van der Waals surface area contributed by atoms with Crippen LogP contribution in [0.1, 0.15) is 51.6 Å². The summed E-state index contributed by atoms with van der Waals surface area (Å²) in [5.74, 6) is 0.937. The quantitative estimate of drug-likeness (QED) is 0.566. The zero-order valence-electron chi connectivity index (χ0n) is 20.9. The van der Waals surface area contributed by atoms with Gasteiger partial charge in [-0.3, -0.25) is 4.90 Å². The number of nitrogens with one attached hydrogen (secondary N) is 2. The lowest BCUT2D eigenvalue weighted by Crippen LogP contribution is -2.48. The normalized spacial score (nSPS) is 15.0. The summed E-state index contributed by atoms with van der Waals surface area (Å²) in [5.41, 5.74) is 3.75. The van der Waals surface area contributed by atoms with Crippen molar-refractivity contribution in [3.8, 4) is 6.07 Å². The molecule has 1 aliphatic rings. The van der Waals surface area contributed by atoms with E-state index in [1.807, 2.05) is 6.07 Å². The largest absolute Gasteiger partial charge is 0.369 e. The van der Waals surface area contributed by atoms with Crippen molar-refractivity contribution >= 4 is 11.5 Å². The van der Waals surface area contributed by atoms with Crippen LogP contribution >= 0.6 is 0 Å². The maximum absolute atomic E-state index is 9.13. The first kappa shape index (κ1) is 24.9. The Bertz CT molecular complexity index is 917. The molecule has 178 valence electrons. The summed E-state index contributed by atoms with van der Waals surface area (Å²) in [7, 11) is 0. The second-order valence-corrected chi connectivity index (χ2v) is 10.3. The first-order valence-corrected chi connectivity index (χ1v) is 12.0. The first-order valence-electron chi connectivity index (χ1n) is 12.0. The number of hydrogen-bond acceptors (Lipinski definition) is 7. The third-order valence-electron chi connectivity index (χ3n) is 6.00. The van der Waals surface area contributed by atoms with Crippen molar-refractivity contribution in [3.63, 3.8) is 0 Å². The minimum atomic E-state index is 0.122. The van der Waals surface area contributed by atoms with Gasteiger partial charge in [0.25, 0.3) is 0 Å². The third kappa shape index (κ3) is 7.69. The van der Waals surface area contributed by atoms with Crippen LogP contribution in [0.4, 0.5) is 11.5 Å². The summed E-state index contributed by atoms with van der Waals surface area (Å²) < 4.78 is 0. The maximum atomic E-state index is 9.13. The first-order chi connectivity index (χ1) is 15.7. The molecule has 1 aliphatic heterocycles. The predicted octanol–water partition coefficient (Wildman–Crippen LogP) is 3.67. The fourth-order valence-electron chi connectivity index (χ4n) is 3.92. The van der Waals surface area contributed by atoms with Gasteiger partial charge in [-0.1, -0.05) is 32.9 Å². The molecule has 1 saturated heterocycles. The maximum Gasteiger partial charge on any atom is 0.234 e. The molecule has 0 amide bonds. The molecule has 1 fully saturated rings. The molecule has 1 aromatic carbocycles. The highest BCUT2D eigenvalue weighted by atomic mass is 15.3. The summed E-state index contributed by atoms with van der Waals surface area (Å²) in [6.07, 6.45) is 2.71. The Labute approximate surface area is 199 Å². The van der Waals surface area contributed by atoms with Crippen molar-refractivity contribution in [3.05, 3.63) is 47.4 Å². The van der Waals surface area contributed by atoms with Gasteiger partial charge in [-0.15, -0.1) is 0 Å². The minimum absolute atomic E-state index is 0.122. The van der Waals surface area contributed by atoms with Gasteiger partial charge >= 0.3 is 0 Å². The highest BCUT2D eigenvalue weighted by Gasteiger charge is 2.19. The van der Waals surface area contributed by atoms with Gasteiger partial charge in [-0.25, -0.2) is 9.97 Å². The predicted molar refractivity (Wildman–Crippen MR) is 135 cm³/mol. The van der Waals surface area contributed by atoms with Gasteiger partial charge in [-0.05, 0) is 49.9 Å². The zero-order valence-corrected chi connectivity index (χ0v) is 20.9. The fourth-order valence-corrected chi connectivity index (χ4v) is 3.92. The molecule has 0 bridgehead atoms. The number of rotatable bonds is 9. The van der Waals surface area contributed by atoms with Crippen molar-refractivity contribution in [1.29, 1.82) is 5.26 Å². The van der Waals surface area contributed by atoms with Crippen LogP contribution in [0.15, 0.2) is 30.5 Å². The van der Waals surface area contributed by atoms with E-state index in [1.165, 1.54) is 11.3 Å². The van der Waals surface area contributed by atoms with Crippen LogP contribution < -0.4 is 15.5 Å². The lowest BCUT2D eigenvalue weighted by Gasteiger charge is -2.38. The van der Waals surface area contributed by atoms with Gasteiger partial charge in [0.2, 0.25) is 5.82 Å². The molecular formula is C26H39N7. The van der Waals surface area contributed by atoms with E-state index in [0.29, 0.717) is 12.6 Å². The molecule has 0 spiro atoms. The SMILES string of the molecule is CC(C)N1CCN(c2ccc(CCNCc3cnc(C#N)nc3NCC(C)(C)C)cc2)CC1. The van der Waals surface area contributed by atoms with Crippen LogP contribution in [-0.4, -0.2) is 60.2 Å². The van der Waals surface area contributed by atoms with Crippen molar-refractivity contribution < 1.29 is 0 Å². The monoisotopic (exact) mass is 449 g/mol. The fraction of sp³-hybridized carbons (Fsp3) is 0.577. The van der Waals surface area contributed by atoms with Crippen LogP contribution in [0.5, 0.6) is 0 Å². The molecular weight excluding hydrogens is 410 g/mol. The van der Waals surface area contributed by atoms with Crippen LogP contribution in [-0.2, 0) is 13.0 Å². The molecule has 2 heterocycles. The molecule has 2 N–H and O–H groups in total. The zero-order chi connectivity index (χ0) is 23.8. The number of aromatic nitrogens is 2. The molecule has 7 nitrogen and oxygen atoms in total. The Morgan fingerprint density at radius 3 is 2.39 bits per heavy atom. The highest BCUT2D eigenvalue weighted by molar-refractivity contribution is 5.48. The van der Waals surface area contributed by atoms with Crippen molar-refractivity contribution in [1.82, 2.24) is 20.2 Å². The number of anilines is 2. The van der Waals surface area contributed by atoms with Gasteiger partial charge in [0.15, 0.2) is 0 Å². The smallest absolute Gasteiger partial charge is 0.234 e. The number of benzene rings is 1. The Kier molecular flexibility index (Phi) is 8.65. The van der Waals surface area contributed by atoms with Crippen LogP contribution in [0.3, 0.4) is 0 Å². The highest BCUT2D eigenvalue weighted by Crippen LogP contribution is 2.19. The van der Waals surface area contributed by atoms with Crippen molar-refractivity contribution in [2.24, 2.45) is 5.41 Å². The Morgan fingerprint density at radius 2 is 1.79 bits per heavy atom. The summed E-state index contributed by atoms with van der Waals surface area (Å²) in [5, 5.41) is 16.0. The molecule has 33 heavy (non-hydrogen) atoms. The average molecular weight is 450 g/mol. The average Bonchev–Trinajstić information content (AvgIpc) is 2.81. The second kappa shape index (κ2) is 11.4. The van der Waals surface area contributed by atoms with E-state index >= 15 is 0 Å². The number of hydrogen-bond donors (Lipinski definition) is 2. The van der Waals surface area contributed by atoms with Crippen LogP contribution in [0, 0.1) is 16.7 Å². The number of nitrogens with zero attached hydrogens (tertiary/aromatic N) is 5. The lowest BCUT2D eigenvalue weighted by molar-refractivity contribution is 0.209. The van der Waals surface area contributed by atoms with E-state index in [-0.39, 0.29) is 11.2 Å². The van der Waals surface area contributed by atoms with Crippen LogP contribution in [0.2, 0.25) is 0 Å². The van der Waals surface area contributed by atoms with E-state index in [1.54, 1.807) is 6.20 Å². The van der Waals surface area contributed by atoms with E-state index in [9.17, 15) is 0 Å². The molecule has 7 heteroatoms. The Morgan fingerprint density at radius 1 is 1.09 bits per heavy atom. The summed E-state index contributed by atoms with van der Waals surface area (Å²) in [4.78, 5) is 13.5. The summed E-state index contributed by atoms with van der Waals surface area (Å²) >= 11 is 0. The van der Waals surface area contributed by atoms with E-state index in [0.717, 1.165) is 57.1 Å². The van der Waals surface area contributed by atoms with Crippen molar-refractivity contribution in [2.75, 3.05) is 49.5 Å². The standard InChI is InChI=1S/C26H39N7/c1-20(2)32-12-14-33(15-13-32)23-8-6-21(7-9-23)10-11-28-17-22-18-29-24(16-27)31-25(22)30-19-26(3,4)5/h6-9,18,20,28H,10-15,17,19H2,1-5H3,(H,29,30,31). The van der Waals surface area contributed by atoms with Gasteiger partial charge in [0.1, 0.15) is 11.9 Å². The molecule has 1 aromatic heterocycles. The summed E-state index contributed by atoms with van der Waals surface area (Å²) in [6, 6.07) is 11.6. The molecule has 0 saturated carbocycles. The Hall–Kier alpha value is -2.69.